The molecule has 3 nitrogen and oxygen atoms in total. The van der Waals surface area contributed by atoms with E-state index in [9.17, 15) is 4.79 Å². The molecule has 1 aliphatic heterocycles. The normalized spacial score (nSPS) is 26.6. The topological polar surface area (TPSA) is 29.5 Å². The molecule has 1 aliphatic rings. The van der Waals surface area contributed by atoms with Gasteiger partial charge in [-0.2, -0.15) is 0 Å². The number of carbonyl (C=O) groups excluding carboxylic acids is 1. The lowest BCUT2D eigenvalue weighted by Crippen LogP contribution is -2.35. The lowest BCUT2D eigenvalue weighted by Gasteiger charge is -2.24. The Morgan fingerprint density at radius 2 is 2.50 bits per heavy atom. The molecule has 0 saturated carbocycles. The number of carbonyl (C=O) groups is 1. The molecule has 0 aromatic rings. The molecule has 0 amide bonds. The second-order valence-electron chi connectivity index (χ2n) is 3.27. The number of ether oxygens (including phenoxy) is 1. The molecule has 1 saturated heterocycles. The minimum atomic E-state index is 0.465. The molecule has 1 rings (SSSR count). The van der Waals surface area contributed by atoms with Gasteiger partial charge < -0.3 is 9.53 Å². The second-order valence-corrected chi connectivity index (χ2v) is 3.27. The molecule has 0 bridgehead atoms. The summed E-state index contributed by atoms with van der Waals surface area (Å²) in [5, 5.41) is 0. The lowest BCUT2D eigenvalue weighted by atomic mass is 10.2. The van der Waals surface area contributed by atoms with Crippen molar-refractivity contribution in [3.63, 3.8) is 0 Å². The minimum absolute atomic E-state index is 0.465. The Morgan fingerprint density at radius 1 is 1.67 bits per heavy atom. The van der Waals surface area contributed by atoms with Crippen LogP contribution in [0.3, 0.4) is 0 Å². The van der Waals surface area contributed by atoms with Crippen LogP contribution in [0.4, 0.5) is 0 Å². The van der Waals surface area contributed by atoms with Crippen molar-refractivity contribution in [3.05, 3.63) is 0 Å². The van der Waals surface area contributed by atoms with Crippen LogP contribution >= 0.6 is 0 Å². The molecular formula is C9H17NO2. The second kappa shape index (κ2) is 5.27. The average molecular weight is 171 g/mol. The van der Waals surface area contributed by atoms with Gasteiger partial charge in [-0.3, -0.25) is 4.90 Å². The molecule has 1 unspecified atom stereocenters. The number of nitrogens with zero attached hydrogens (tertiary/aromatic N) is 1. The van der Waals surface area contributed by atoms with Crippen molar-refractivity contribution in [2.75, 3.05) is 26.3 Å². The van der Waals surface area contributed by atoms with E-state index in [4.69, 9.17) is 4.74 Å². The fraction of sp³-hybridized carbons (Fsp3) is 0.889. The van der Waals surface area contributed by atoms with E-state index in [1.165, 1.54) is 0 Å². The van der Waals surface area contributed by atoms with E-state index < -0.39 is 0 Å². The SMILES string of the molecule is CC1COCCCN1CCC=O. The third-order valence-electron chi connectivity index (χ3n) is 2.25. The van der Waals surface area contributed by atoms with Gasteiger partial charge in [-0.25, -0.2) is 0 Å². The first-order chi connectivity index (χ1) is 5.84. The van der Waals surface area contributed by atoms with Gasteiger partial charge in [0, 0.05) is 32.2 Å². The van der Waals surface area contributed by atoms with Crippen LogP contribution in [0.25, 0.3) is 0 Å². The molecule has 0 aromatic heterocycles. The van der Waals surface area contributed by atoms with Crippen LogP contribution in [0.1, 0.15) is 19.8 Å². The third-order valence-corrected chi connectivity index (χ3v) is 2.25. The van der Waals surface area contributed by atoms with Crippen LogP contribution in [-0.4, -0.2) is 43.5 Å². The maximum Gasteiger partial charge on any atom is 0.121 e. The Hall–Kier alpha value is -0.410. The molecule has 0 spiro atoms. The van der Waals surface area contributed by atoms with Gasteiger partial charge in [0.25, 0.3) is 0 Å². The number of hydrogen-bond donors (Lipinski definition) is 0. The van der Waals surface area contributed by atoms with Crippen molar-refractivity contribution in [1.29, 1.82) is 0 Å². The van der Waals surface area contributed by atoms with Crippen LogP contribution in [0, 0.1) is 0 Å². The highest BCUT2D eigenvalue weighted by Gasteiger charge is 2.15. The van der Waals surface area contributed by atoms with Crippen LogP contribution in [0.2, 0.25) is 0 Å². The van der Waals surface area contributed by atoms with E-state index in [0.29, 0.717) is 12.5 Å². The summed E-state index contributed by atoms with van der Waals surface area (Å²) in [5.41, 5.74) is 0. The highest BCUT2D eigenvalue weighted by Crippen LogP contribution is 2.06. The molecule has 70 valence electrons. The third kappa shape index (κ3) is 2.91. The molecule has 1 fully saturated rings. The number of rotatable bonds is 3. The van der Waals surface area contributed by atoms with Crippen molar-refractivity contribution in [2.45, 2.75) is 25.8 Å². The zero-order chi connectivity index (χ0) is 8.81. The molecule has 0 radical (unpaired) electrons. The van der Waals surface area contributed by atoms with Gasteiger partial charge in [0.15, 0.2) is 0 Å². The van der Waals surface area contributed by atoms with Crippen molar-refractivity contribution in [2.24, 2.45) is 0 Å². The summed E-state index contributed by atoms with van der Waals surface area (Å²) < 4.78 is 5.39. The fourth-order valence-electron chi connectivity index (χ4n) is 1.50. The van der Waals surface area contributed by atoms with Crippen molar-refractivity contribution in [1.82, 2.24) is 4.90 Å². The van der Waals surface area contributed by atoms with Crippen molar-refractivity contribution in [3.8, 4) is 0 Å². The first-order valence-electron chi connectivity index (χ1n) is 4.60. The number of hydrogen-bond acceptors (Lipinski definition) is 3. The molecule has 3 heteroatoms. The zero-order valence-electron chi connectivity index (χ0n) is 7.66. The van der Waals surface area contributed by atoms with Gasteiger partial charge in [-0.15, -0.1) is 0 Å². The van der Waals surface area contributed by atoms with Gasteiger partial charge in [-0.1, -0.05) is 0 Å². The molecule has 12 heavy (non-hydrogen) atoms. The Labute approximate surface area is 73.7 Å². The van der Waals surface area contributed by atoms with Gasteiger partial charge in [0.05, 0.1) is 6.61 Å². The highest BCUT2D eigenvalue weighted by molar-refractivity contribution is 5.49. The van der Waals surface area contributed by atoms with Crippen LogP contribution < -0.4 is 0 Å². The quantitative estimate of drug-likeness (QED) is 0.585. The number of aldehydes is 1. The van der Waals surface area contributed by atoms with Gasteiger partial charge in [0.2, 0.25) is 0 Å². The largest absolute Gasteiger partial charge is 0.380 e. The fourth-order valence-corrected chi connectivity index (χ4v) is 1.50. The lowest BCUT2D eigenvalue weighted by molar-refractivity contribution is -0.108. The van der Waals surface area contributed by atoms with Gasteiger partial charge in [0.1, 0.15) is 6.29 Å². The molecule has 1 atom stereocenters. The maximum atomic E-state index is 10.2. The Balaban J connectivity index is 2.31. The molecule has 1 heterocycles. The van der Waals surface area contributed by atoms with Crippen LogP contribution in [-0.2, 0) is 9.53 Å². The summed E-state index contributed by atoms with van der Waals surface area (Å²) >= 11 is 0. The zero-order valence-corrected chi connectivity index (χ0v) is 7.66. The smallest absolute Gasteiger partial charge is 0.121 e. The molecule has 0 aromatic carbocycles. The minimum Gasteiger partial charge on any atom is -0.380 e. The predicted octanol–water partition coefficient (Wildman–Crippen LogP) is 0.686. The van der Waals surface area contributed by atoms with Crippen LogP contribution in [0.15, 0.2) is 0 Å². The summed E-state index contributed by atoms with van der Waals surface area (Å²) in [6.45, 7) is 5.76. The standard InChI is InChI=1S/C9H17NO2/c1-9-8-12-7-3-5-10(9)4-2-6-11/h6,9H,2-5,7-8H2,1H3. The van der Waals surface area contributed by atoms with Crippen molar-refractivity contribution < 1.29 is 9.53 Å². The molecule has 0 aliphatic carbocycles. The van der Waals surface area contributed by atoms with E-state index in [1.807, 2.05) is 0 Å². The van der Waals surface area contributed by atoms with Crippen LogP contribution in [0.5, 0.6) is 0 Å². The van der Waals surface area contributed by atoms with E-state index in [1.54, 1.807) is 0 Å². The van der Waals surface area contributed by atoms with Crippen molar-refractivity contribution >= 4 is 6.29 Å². The van der Waals surface area contributed by atoms with E-state index in [0.717, 1.165) is 39.0 Å². The first-order valence-corrected chi connectivity index (χ1v) is 4.60. The first kappa shape index (κ1) is 9.68. The Morgan fingerprint density at radius 3 is 3.25 bits per heavy atom. The summed E-state index contributed by atoms with van der Waals surface area (Å²) in [7, 11) is 0. The summed E-state index contributed by atoms with van der Waals surface area (Å²) in [6.07, 6.45) is 2.71. The Bertz CT molecular complexity index is 138. The summed E-state index contributed by atoms with van der Waals surface area (Å²) in [6, 6.07) is 0.465. The van der Waals surface area contributed by atoms with E-state index >= 15 is 0 Å². The van der Waals surface area contributed by atoms with E-state index in [2.05, 4.69) is 11.8 Å². The highest BCUT2D eigenvalue weighted by atomic mass is 16.5. The predicted molar refractivity (Wildman–Crippen MR) is 47.2 cm³/mol. The summed E-state index contributed by atoms with van der Waals surface area (Å²) in [4.78, 5) is 12.5. The average Bonchev–Trinajstić information content (AvgIpc) is 2.27. The maximum absolute atomic E-state index is 10.2. The monoisotopic (exact) mass is 171 g/mol. The summed E-state index contributed by atoms with van der Waals surface area (Å²) in [5.74, 6) is 0. The Kier molecular flexibility index (Phi) is 4.25. The molecular weight excluding hydrogens is 154 g/mol. The van der Waals surface area contributed by atoms with Gasteiger partial charge >= 0.3 is 0 Å². The van der Waals surface area contributed by atoms with Gasteiger partial charge in [-0.05, 0) is 13.3 Å². The molecule has 0 N–H and O–H groups in total. The van der Waals surface area contributed by atoms with E-state index in [-0.39, 0.29) is 0 Å².